The first-order chi connectivity index (χ1) is 10.7. The Bertz CT molecular complexity index is 612. The molecule has 1 aliphatic heterocycles. The molecule has 5 nitrogen and oxygen atoms in total. The van der Waals surface area contributed by atoms with E-state index in [1.54, 1.807) is 4.90 Å². The smallest absolute Gasteiger partial charge is 0.415 e. The van der Waals surface area contributed by atoms with Crippen molar-refractivity contribution in [2.75, 3.05) is 4.90 Å². The molecule has 1 unspecified atom stereocenters. The molecule has 0 saturated heterocycles. The Labute approximate surface area is 136 Å². The van der Waals surface area contributed by atoms with Crippen LogP contribution in [0.25, 0.3) is 0 Å². The molecular weight excluding hydrogens is 294 g/mol. The normalized spacial score (nSPS) is 19.0. The van der Waals surface area contributed by atoms with E-state index in [2.05, 4.69) is 19.6 Å². The van der Waals surface area contributed by atoms with Crippen LogP contribution in [0.1, 0.15) is 39.7 Å². The van der Waals surface area contributed by atoms with Gasteiger partial charge in [0.05, 0.1) is 11.2 Å². The summed E-state index contributed by atoms with van der Waals surface area (Å²) in [5.41, 5.74) is 1.34. The molecule has 23 heavy (non-hydrogen) atoms. The zero-order valence-corrected chi connectivity index (χ0v) is 14.1. The van der Waals surface area contributed by atoms with E-state index in [1.165, 1.54) is 5.56 Å². The van der Waals surface area contributed by atoms with Crippen molar-refractivity contribution in [3.05, 3.63) is 42.5 Å². The van der Waals surface area contributed by atoms with Crippen LogP contribution in [0.5, 0.6) is 0 Å². The monoisotopic (exact) mass is 317 g/mol. The second-order valence-corrected chi connectivity index (χ2v) is 6.69. The van der Waals surface area contributed by atoms with Crippen molar-refractivity contribution in [1.82, 2.24) is 0 Å². The van der Waals surface area contributed by atoms with Crippen LogP contribution in [0.3, 0.4) is 0 Å². The molecule has 1 heterocycles. The minimum Gasteiger partial charge on any atom is -0.443 e. The third kappa shape index (κ3) is 4.54. The Morgan fingerprint density at radius 2 is 1.96 bits per heavy atom. The van der Waals surface area contributed by atoms with E-state index in [0.717, 1.165) is 18.5 Å². The van der Waals surface area contributed by atoms with Crippen molar-refractivity contribution in [3.63, 3.8) is 0 Å². The summed E-state index contributed by atoms with van der Waals surface area (Å²) in [6, 6.07) is 8.01. The maximum atomic E-state index is 12.6. The van der Waals surface area contributed by atoms with Crippen molar-refractivity contribution in [2.45, 2.75) is 51.7 Å². The fourth-order valence-electron chi connectivity index (χ4n) is 2.76. The summed E-state index contributed by atoms with van der Waals surface area (Å²) in [6.45, 7) is 11.6. The van der Waals surface area contributed by atoms with Crippen molar-refractivity contribution >= 4 is 17.9 Å². The first-order valence-electron chi connectivity index (χ1n) is 7.40. The molecule has 0 aromatic heterocycles. The summed E-state index contributed by atoms with van der Waals surface area (Å²) < 4.78 is 5.57. The molecule has 1 aromatic rings. The molecule has 1 amide bonds. The first-order valence-corrected chi connectivity index (χ1v) is 7.40. The molecular formula is C18H23NO4. The van der Waals surface area contributed by atoms with Crippen molar-refractivity contribution in [2.24, 2.45) is 0 Å². The number of ether oxygens (including phenoxy) is 1. The lowest BCUT2D eigenvalue weighted by Gasteiger charge is -2.36. The Balaban J connectivity index is 0.000000816. The largest absolute Gasteiger partial charge is 0.443 e. The van der Waals surface area contributed by atoms with Crippen LogP contribution in [-0.2, 0) is 20.7 Å². The number of amides is 1. The van der Waals surface area contributed by atoms with Crippen LogP contribution in [0.2, 0.25) is 0 Å². The van der Waals surface area contributed by atoms with Gasteiger partial charge in [-0.15, -0.1) is 6.58 Å². The zero-order chi connectivity index (χ0) is 17.7. The third-order valence-corrected chi connectivity index (χ3v) is 3.50. The van der Waals surface area contributed by atoms with Gasteiger partial charge in [0.1, 0.15) is 5.60 Å². The summed E-state index contributed by atoms with van der Waals surface area (Å²) in [5.74, 6) is 0. The minimum atomic E-state index is -0.496. The van der Waals surface area contributed by atoms with Gasteiger partial charge in [-0.3, -0.25) is 4.90 Å². The summed E-state index contributed by atoms with van der Waals surface area (Å²) in [7, 11) is 0. The molecule has 1 aliphatic rings. The van der Waals surface area contributed by atoms with E-state index in [9.17, 15) is 4.79 Å². The van der Waals surface area contributed by atoms with Gasteiger partial charge in [0, 0.05) is 0 Å². The minimum absolute atomic E-state index is 0.250. The maximum Gasteiger partial charge on any atom is 0.415 e. The number of benzene rings is 1. The average Bonchev–Trinajstić information content (AvgIpc) is 2.69. The highest BCUT2D eigenvalue weighted by Crippen LogP contribution is 2.41. The Morgan fingerprint density at radius 1 is 1.39 bits per heavy atom. The van der Waals surface area contributed by atoms with E-state index in [-0.39, 0.29) is 17.8 Å². The topological polar surface area (TPSA) is 63.7 Å². The lowest BCUT2D eigenvalue weighted by molar-refractivity contribution is -0.191. The van der Waals surface area contributed by atoms with Crippen LogP contribution in [0.15, 0.2) is 36.9 Å². The van der Waals surface area contributed by atoms with Gasteiger partial charge in [-0.25, -0.2) is 4.79 Å². The van der Waals surface area contributed by atoms with Gasteiger partial charge in [0.25, 0.3) is 0 Å². The Hall–Kier alpha value is -2.39. The standard InChI is InChI=1S/C17H23NO2.CO2/c1-6-11-17(5)12-13-9-7-8-10-14(13)18(17)15(19)20-16(2,3)4;2-1-3/h6-10H,1,11-12H2,2-5H3;. The lowest BCUT2D eigenvalue weighted by Crippen LogP contribution is -2.49. The zero-order valence-electron chi connectivity index (χ0n) is 14.1. The van der Waals surface area contributed by atoms with Crippen LogP contribution >= 0.6 is 0 Å². The van der Waals surface area contributed by atoms with E-state index in [0.29, 0.717) is 0 Å². The second kappa shape index (κ2) is 7.25. The second-order valence-electron chi connectivity index (χ2n) is 6.69. The molecule has 0 fully saturated rings. The van der Waals surface area contributed by atoms with E-state index in [4.69, 9.17) is 14.3 Å². The first kappa shape index (κ1) is 18.7. The SMILES string of the molecule is C=CCC1(C)Cc2ccccc2N1C(=O)OC(C)(C)C.O=C=O. The highest BCUT2D eigenvalue weighted by Gasteiger charge is 2.44. The third-order valence-electron chi connectivity index (χ3n) is 3.50. The van der Waals surface area contributed by atoms with Gasteiger partial charge >= 0.3 is 12.2 Å². The molecule has 0 aliphatic carbocycles. The predicted octanol–water partition coefficient (Wildman–Crippen LogP) is 3.74. The summed E-state index contributed by atoms with van der Waals surface area (Å²) in [5, 5.41) is 0. The number of rotatable bonds is 2. The Kier molecular flexibility index (Phi) is 5.88. The Morgan fingerprint density at radius 3 is 2.48 bits per heavy atom. The molecule has 0 saturated carbocycles. The van der Waals surface area contributed by atoms with E-state index >= 15 is 0 Å². The predicted molar refractivity (Wildman–Crippen MR) is 87.1 cm³/mol. The van der Waals surface area contributed by atoms with Gasteiger partial charge in [-0.05, 0) is 52.2 Å². The van der Waals surface area contributed by atoms with Crippen molar-refractivity contribution in [1.29, 1.82) is 0 Å². The van der Waals surface area contributed by atoms with Gasteiger partial charge in [0.2, 0.25) is 0 Å². The molecule has 0 N–H and O–H groups in total. The fourth-order valence-corrected chi connectivity index (χ4v) is 2.76. The van der Waals surface area contributed by atoms with Gasteiger partial charge in [-0.1, -0.05) is 24.3 Å². The molecule has 124 valence electrons. The highest BCUT2D eigenvalue weighted by atomic mass is 16.6. The molecule has 0 spiro atoms. The number of hydrogen-bond acceptors (Lipinski definition) is 4. The summed E-state index contributed by atoms with van der Waals surface area (Å²) in [4.78, 5) is 30.6. The number of anilines is 1. The summed E-state index contributed by atoms with van der Waals surface area (Å²) >= 11 is 0. The number of carbonyl (C=O) groups is 1. The van der Waals surface area contributed by atoms with Gasteiger partial charge in [0.15, 0.2) is 0 Å². The average molecular weight is 317 g/mol. The molecule has 1 atom stereocenters. The number of para-hydroxylation sites is 1. The summed E-state index contributed by atoms with van der Waals surface area (Å²) in [6.07, 6.45) is 3.39. The molecule has 1 aromatic carbocycles. The van der Waals surface area contributed by atoms with Crippen molar-refractivity contribution in [3.8, 4) is 0 Å². The number of carbonyl (C=O) groups excluding carboxylic acids is 3. The molecule has 0 radical (unpaired) electrons. The van der Waals surface area contributed by atoms with Crippen LogP contribution in [0, 0.1) is 0 Å². The molecule has 0 bridgehead atoms. The van der Waals surface area contributed by atoms with E-state index in [1.807, 2.05) is 45.0 Å². The van der Waals surface area contributed by atoms with Gasteiger partial charge < -0.3 is 4.74 Å². The van der Waals surface area contributed by atoms with Crippen molar-refractivity contribution < 1.29 is 19.1 Å². The molecule has 5 heteroatoms. The fraction of sp³-hybridized carbons (Fsp3) is 0.444. The number of fused-ring (bicyclic) bond motifs is 1. The lowest BCUT2D eigenvalue weighted by atomic mass is 9.93. The van der Waals surface area contributed by atoms with Crippen LogP contribution in [0.4, 0.5) is 10.5 Å². The van der Waals surface area contributed by atoms with Crippen LogP contribution in [-0.4, -0.2) is 23.4 Å². The molecule has 2 rings (SSSR count). The quantitative estimate of drug-likeness (QED) is 0.780. The van der Waals surface area contributed by atoms with Gasteiger partial charge in [-0.2, -0.15) is 9.59 Å². The van der Waals surface area contributed by atoms with Crippen LogP contribution < -0.4 is 4.90 Å². The maximum absolute atomic E-state index is 12.6. The number of nitrogens with zero attached hydrogens (tertiary/aromatic N) is 1. The van der Waals surface area contributed by atoms with E-state index < -0.39 is 5.60 Å². The highest BCUT2D eigenvalue weighted by molar-refractivity contribution is 5.92. The number of hydrogen-bond donors (Lipinski definition) is 0.